The fraction of sp³-hybridized carbons (Fsp3) is 0.143. The van der Waals surface area contributed by atoms with Crippen LogP contribution in [0.25, 0.3) is 0 Å². The summed E-state index contributed by atoms with van der Waals surface area (Å²) in [7, 11) is 0. The Morgan fingerprint density at radius 3 is 1.36 bits per heavy atom. The fourth-order valence-corrected chi connectivity index (χ4v) is 2.73. The minimum atomic E-state index is 0.399. The van der Waals surface area contributed by atoms with Crippen molar-refractivity contribution >= 4 is 34.1 Å². The summed E-state index contributed by atoms with van der Waals surface area (Å²) in [5.41, 5.74) is 17.5. The summed E-state index contributed by atoms with van der Waals surface area (Å²) >= 11 is 0. The predicted octanol–water partition coefficient (Wildman–Crippen LogP) is 5.14. The van der Waals surface area contributed by atoms with E-state index in [2.05, 4.69) is 48.3 Å². The highest BCUT2D eigenvalue weighted by molar-refractivity contribution is 5.78. The lowest BCUT2D eigenvalue weighted by Gasteiger charge is -2.26. The van der Waals surface area contributed by atoms with Gasteiger partial charge in [0.2, 0.25) is 0 Å². The van der Waals surface area contributed by atoms with Gasteiger partial charge >= 0.3 is 0 Å². The third-order valence-electron chi connectivity index (χ3n) is 3.88. The van der Waals surface area contributed by atoms with Crippen LogP contribution < -0.4 is 21.7 Å². The van der Waals surface area contributed by atoms with Gasteiger partial charge in [-0.25, -0.2) is 0 Å². The van der Waals surface area contributed by atoms with Crippen LogP contribution >= 0.6 is 0 Å². The molecule has 0 fully saturated rings. The van der Waals surface area contributed by atoms with E-state index in [4.69, 9.17) is 11.5 Å². The van der Waals surface area contributed by atoms with E-state index in [0.717, 1.165) is 34.1 Å². The number of hydrogen-bond acceptors (Lipinski definition) is 4. The minimum Gasteiger partial charge on any atom is -0.399 e. The van der Waals surface area contributed by atoms with Gasteiger partial charge in [0.05, 0.1) is 0 Å². The average Bonchev–Trinajstić information content (AvgIpc) is 2.59. The van der Waals surface area contributed by atoms with Crippen molar-refractivity contribution in [3.63, 3.8) is 0 Å². The molecule has 0 atom stereocenters. The van der Waals surface area contributed by atoms with Crippen LogP contribution in [-0.2, 0) is 0 Å². The van der Waals surface area contributed by atoms with E-state index in [1.54, 1.807) is 0 Å². The topological polar surface area (TPSA) is 67.3 Å². The molecule has 0 bridgehead atoms. The van der Waals surface area contributed by atoms with Crippen LogP contribution in [0.5, 0.6) is 0 Å². The first-order chi connectivity index (χ1) is 12.0. The second-order valence-electron chi connectivity index (χ2n) is 6.36. The van der Waals surface area contributed by atoms with E-state index in [-0.39, 0.29) is 0 Å². The number of nitrogens with two attached hydrogens (primary N) is 2. The molecule has 3 rings (SSSR count). The van der Waals surface area contributed by atoms with Crippen molar-refractivity contribution < 1.29 is 0 Å². The molecule has 5 N–H and O–H groups in total. The normalized spacial score (nSPS) is 10.7. The van der Waals surface area contributed by atoms with Crippen LogP contribution in [-0.4, -0.2) is 6.04 Å². The maximum absolute atomic E-state index is 5.85. The third-order valence-corrected chi connectivity index (χ3v) is 3.88. The zero-order valence-corrected chi connectivity index (χ0v) is 14.6. The van der Waals surface area contributed by atoms with Gasteiger partial charge in [0.1, 0.15) is 0 Å². The zero-order chi connectivity index (χ0) is 17.8. The van der Waals surface area contributed by atoms with E-state index < -0.39 is 0 Å². The van der Waals surface area contributed by atoms with E-state index in [1.165, 1.54) is 0 Å². The Bertz CT molecular complexity index is 761. The van der Waals surface area contributed by atoms with E-state index in [0.29, 0.717) is 6.04 Å². The molecule has 0 radical (unpaired) electrons. The van der Waals surface area contributed by atoms with Crippen LogP contribution in [0.4, 0.5) is 34.1 Å². The molecule has 3 aromatic rings. The Labute approximate surface area is 149 Å². The Balaban J connectivity index is 2.01. The summed E-state index contributed by atoms with van der Waals surface area (Å²) in [6.07, 6.45) is 0. The van der Waals surface area contributed by atoms with Crippen molar-refractivity contribution in [3.05, 3.63) is 72.8 Å². The summed E-state index contributed by atoms with van der Waals surface area (Å²) in [4.78, 5) is 2.18. The molecule has 0 unspecified atom stereocenters. The Hall–Kier alpha value is -3.14. The number of hydrogen-bond donors (Lipinski definition) is 3. The van der Waals surface area contributed by atoms with Crippen molar-refractivity contribution in [3.8, 4) is 0 Å². The molecule has 0 amide bonds. The number of nitrogens with one attached hydrogen (secondary N) is 1. The first-order valence-corrected chi connectivity index (χ1v) is 8.41. The number of nitrogens with zero attached hydrogens (tertiary/aromatic N) is 1. The summed E-state index contributed by atoms with van der Waals surface area (Å²) in [6.45, 7) is 4.26. The molecule has 0 aliphatic rings. The highest BCUT2D eigenvalue weighted by Crippen LogP contribution is 2.35. The van der Waals surface area contributed by atoms with Crippen LogP contribution in [0.3, 0.4) is 0 Å². The largest absolute Gasteiger partial charge is 0.399 e. The molecule has 0 aromatic heterocycles. The number of nitrogen functional groups attached to an aromatic ring is 2. The molecule has 4 nitrogen and oxygen atoms in total. The van der Waals surface area contributed by atoms with Crippen LogP contribution in [0.1, 0.15) is 13.8 Å². The minimum absolute atomic E-state index is 0.399. The maximum atomic E-state index is 5.85. The lowest BCUT2D eigenvalue weighted by atomic mass is 10.1. The highest BCUT2D eigenvalue weighted by atomic mass is 15.1. The molecule has 4 heteroatoms. The molecule has 3 aromatic carbocycles. The molecule has 0 spiro atoms. The van der Waals surface area contributed by atoms with Crippen molar-refractivity contribution in [2.75, 3.05) is 21.7 Å². The first-order valence-electron chi connectivity index (χ1n) is 8.41. The van der Waals surface area contributed by atoms with Gasteiger partial charge in [0.25, 0.3) is 0 Å². The smallest absolute Gasteiger partial charge is 0.0463 e. The molecular weight excluding hydrogens is 308 g/mol. The highest BCUT2D eigenvalue weighted by Gasteiger charge is 2.12. The van der Waals surface area contributed by atoms with Crippen LogP contribution in [0.2, 0.25) is 0 Å². The second-order valence-corrected chi connectivity index (χ2v) is 6.36. The predicted molar refractivity (Wildman–Crippen MR) is 109 cm³/mol. The lowest BCUT2D eigenvalue weighted by molar-refractivity contribution is 0.900. The Morgan fingerprint density at radius 1 is 0.640 bits per heavy atom. The molecule has 0 aliphatic heterocycles. The van der Waals surface area contributed by atoms with Crippen LogP contribution in [0.15, 0.2) is 72.8 Å². The monoisotopic (exact) mass is 332 g/mol. The summed E-state index contributed by atoms with van der Waals surface area (Å²) in [6, 6.07) is 24.5. The first kappa shape index (κ1) is 16.7. The number of rotatable bonds is 5. The van der Waals surface area contributed by atoms with Gasteiger partial charge in [0, 0.05) is 40.2 Å². The third kappa shape index (κ3) is 4.04. The van der Waals surface area contributed by atoms with Crippen molar-refractivity contribution in [2.45, 2.75) is 19.9 Å². The van der Waals surface area contributed by atoms with E-state index in [1.807, 2.05) is 48.5 Å². The van der Waals surface area contributed by atoms with Gasteiger partial charge in [-0.05, 0) is 86.6 Å². The van der Waals surface area contributed by atoms with Crippen molar-refractivity contribution in [1.82, 2.24) is 0 Å². The van der Waals surface area contributed by atoms with Gasteiger partial charge < -0.3 is 21.7 Å². The molecule has 25 heavy (non-hydrogen) atoms. The van der Waals surface area contributed by atoms with E-state index in [9.17, 15) is 0 Å². The summed E-state index contributed by atoms with van der Waals surface area (Å²) < 4.78 is 0. The van der Waals surface area contributed by atoms with Crippen molar-refractivity contribution in [1.29, 1.82) is 0 Å². The summed E-state index contributed by atoms with van der Waals surface area (Å²) in [5.74, 6) is 0. The van der Waals surface area contributed by atoms with Crippen molar-refractivity contribution in [2.24, 2.45) is 0 Å². The molecule has 128 valence electrons. The average molecular weight is 332 g/mol. The molecule has 0 aliphatic carbocycles. The molecule has 0 saturated heterocycles. The second kappa shape index (κ2) is 7.18. The summed E-state index contributed by atoms with van der Waals surface area (Å²) in [5, 5.41) is 3.41. The van der Waals surface area contributed by atoms with Gasteiger partial charge in [-0.15, -0.1) is 0 Å². The standard InChI is InChI=1S/C21H24N4/c1-15(2)24-18-7-13-21(14-8-18)25(19-9-3-16(22)4-10-19)20-11-5-17(23)6-12-20/h3-15,24H,22-23H2,1-2H3. The fourth-order valence-electron chi connectivity index (χ4n) is 2.73. The maximum Gasteiger partial charge on any atom is 0.0463 e. The quantitative estimate of drug-likeness (QED) is 0.566. The Kier molecular flexibility index (Phi) is 4.80. The number of benzene rings is 3. The van der Waals surface area contributed by atoms with E-state index >= 15 is 0 Å². The number of anilines is 6. The van der Waals surface area contributed by atoms with Gasteiger partial charge in [0.15, 0.2) is 0 Å². The van der Waals surface area contributed by atoms with Gasteiger partial charge in [-0.3, -0.25) is 0 Å². The van der Waals surface area contributed by atoms with Crippen LogP contribution in [0, 0.1) is 0 Å². The molecule has 0 heterocycles. The zero-order valence-electron chi connectivity index (χ0n) is 14.6. The lowest BCUT2D eigenvalue weighted by Crippen LogP contribution is -2.11. The SMILES string of the molecule is CC(C)Nc1ccc(N(c2ccc(N)cc2)c2ccc(N)cc2)cc1. The van der Waals surface area contributed by atoms with Gasteiger partial charge in [-0.1, -0.05) is 0 Å². The molecule has 0 saturated carbocycles. The molecular formula is C21H24N4. The Morgan fingerprint density at radius 2 is 1.00 bits per heavy atom. The van der Waals surface area contributed by atoms with Gasteiger partial charge in [-0.2, -0.15) is 0 Å².